The fourth-order valence-electron chi connectivity index (χ4n) is 5.22. The molecule has 3 N–H and O–H groups in total. The van der Waals surface area contributed by atoms with Crippen LogP contribution in [-0.4, -0.2) is 31.0 Å². The molecule has 0 bridgehead atoms. The number of aromatic nitrogens is 4. The van der Waals surface area contributed by atoms with Gasteiger partial charge in [-0.15, -0.1) is 0 Å². The minimum Gasteiger partial charge on any atom is -0.366 e. The normalized spacial score (nSPS) is 18.6. The molecule has 2 atom stereocenters. The first kappa shape index (κ1) is 22.3. The van der Waals surface area contributed by atoms with E-state index in [0.717, 1.165) is 59.0 Å². The van der Waals surface area contributed by atoms with Gasteiger partial charge in [0.25, 0.3) is 0 Å². The average Bonchev–Trinajstić information content (AvgIpc) is 3.42. The van der Waals surface area contributed by atoms with Gasteiger partial charge in [-0.3, -0.25) is 4.79 Å². The fraction of sp³-hybridized carbons (Fsp3) is 0.407. The predicted molar refractivity (Wildman–Crippen MR) is 136 cm³/mol. The number of rotatable bonds is 6. The van der Waals surface area contributed by atoms with Crippen molar-refractivity contribution in [2.75, 3.05) is 5.32 Å². The Labute approximate surface area is 199 Å². The molecule has 3 aromatic heterocycles. The van der Waals surface area contributed by atoms with Gasteiger partial charge in [0.2, 0.25) is 5.91 Å². The summed E-state index contributed by atoms with van der Waals surface area (Å²) in [6, 6.07) is 10.4. The molecule has 3 heterocycles. The third-order valence-electron chi connectivity index (χ3n) is 6.79. The molecule has 7 nitrogen and oxygen atoms in total. The maximum absolute atomic E-state index is 12.2. The van der Waals surface area contributed by atoms with Crippen LogP contribution in [0.4, 0.5) is 5.82 Å². The van der Waals surface area contributed by atoms with E-state index in [1.54, 1.807) is 6.33 Å². The molecule has 1 amide bonds. The van der Waals surface area contributed by atoms with Crippen molar-refractivity contribution < 1.29 is 4.79 Å². The zero-order valence-electron chi connectivity index (χ0n) is 20.1. The molecule has 34 heavy (non-hydrogen) atoms. The quantitative estimate of drug-likeness (QED) is 0.412. The highest BCUT2D eigenvalue weighted by atomic mass is 16.1. The standard InChI is InChI=1S/C27H32N6O/c1-27(2,3)32-24-9-7-19-13-22(25(28)34)18(14-23(19)31-24)6-4-17-5-8-21(12-17)33-11-10-20-15-29-16-30-26(20)33/h7,9-11,13-17,21H,4-6,8,12H2,1-3H3,(H2,28,34)(H,31,32). The molecule has 0 aliphatic heterocycles. The van der Waals surface area contributed by atoms with Gasteiger partial charge in [0.15, 0.2) is 0 Å². The highest BCUT2D eigenvalue weighted by Gasteiger charge is 2.27. The minimum absolute atomic E-state index is 0.0766. The number of primary amides is 1. The van der Waals surface area contributed by atoms with Gasteiger partial charge in [0.1, 0.15) is 17.8 Å². The molecule has 4 aromatic rings. The average molecular weight is 457 g/mol. The van der Waals surface area contributed by atoms with Gasteiger partial charge in [-0.1, -0.05) is 0 Å². The van der Waals surface area contributed by atoms with Crippen molar-refractivity contribution in [1.29, 1.82) is 0 Å². The first-order valence-corrected chi connectivity index (χ1v) is 12.0. The Morgan fingerprint density at radius 2 is 2.03 bits per heavy atom. The number of nitrogens with two attached hydrogens (primary N) is 1. The van der Waals surface area contributed by atoms with Gasteiger partial charge in [0, 0.05) is 40.3 Å². The molecule has 2 unspecified atom stereocenters. The van der Waals surface area contributed by atoms with E-state index in [0.29, 0.717) is 17.5 Å². The Morgan fingerprint density at radius 1 is 1.18 bits per heavy atom. The Kier molecular flexibility index (Phi) is 5.71. The Bertz CT molecular complexity index is 1350. The van der Waals surface area contributed by atoms with E-state index in [1.807, 2.05) is 30.5 Å². The summed E-state index contributed by atoms with van der Waals surface area (Å²) < 4.78 is 2.30. The van der Waals surface area contributed by atoms with Gasteiger partial charge in [-0.25, -0.2) is 15.0 Å². The largest absolute Gasteiger partial charge is 0.366 e. The molecule has 1 saturated carbocycles. The van der Waals surface area contributed by atoms with Gasteiger partial charge < -0.3 is 15.6 Å². The Balaban J connectivity index is 1.33. The first-order chi connectivity index (χ1) is 16.3. The SMILES string of the molecule is CC(C)(C)Nc1ccc2cc(C(N)=O)c(CCC3CCC(n4ccc5cncnc54)C3)cc2n1. The van der Waals surface area contributed by atoms with Crippen molar-refractivity contribution in [2.45, 2.75) is 64.5 Å². The van der Waals surface area contributed by atoms with Crippen LogP contribution in [0.25, 0.3) is 21.9 Å². The molecule has 5 rings (SSSR count). The molecule has 0 saturated heterocycles. The second-order valence-corrected chi connectivity index (χ2v) is 10.5. The summed E-state index contributed by atoms with van der Waals surface area (Å²) in [5.41, 5.74) is 9.17. The number of hydrogen-bond donors (Lipinski definition) is 2. The number of hydrogen-bond acceptors (Lipinski definition) is 5. The van der Waals surface area contributed by atoms with Crippen LogP contribution in [0.3, 0.4) is 0 Å². The van der Waals surface area contributed by atoms with Crippen LogP contribution in [0.15, 0.2) is 49.1 Å². The molecule has 7 heteroatoms. The van der Waals surface area contributed by atoms with Crippen LogP contribution in [0, 0.1) is 5.92 Å². The number of benzene rings is 1. The van der Waals surface area contributed by atoms with Crippen molar-refractivity contribution >= 4 is 33.7 Å². The lowest BCUT2D eigenvalue weighted by Gasteiger charge is -2.21. The zero-order chi connectivity index (χ0) is 23.9. The molecule has 0 radical (unpaired) electrons. The van der Waals surface area contributed by atoms with E-state index < -0.39 is 0 Å². The van der Waals surface area contributed by atoms with Gasteiger partial charge in [-0.2, -0.15) is 0 Å². The lowest BCUT2D eigenvalue weighted by Crippen LogP contribution is -2.26. The number of carbonyl (C=O) groups excluding carboxylic acids is 1. The summed E-state index contributed by atoms with van der Waals surface area (Å²) in [6.45, 7) is 6.33. The predicted octanol–water partition coefficient (Wildman–Crippen LogP) is 5.26. The van der Waals surface area contributed by atoms with Crippen LogP contribution in [0.5, 0.6) is 0 Å². The van der Waals surface area contributed by atoms with E-state index in [4.69, 9.17) is 10.7 Å². The van der Waals surface area contributed by atoms with Crippen molar-refractivity contribution in [3.05, 3.63) is 60.2 Å². The number of amides is 1. The van der Waals surface area contributed by atoms with E-state index in [2.05, 4.69) is 52.9 Å². The number of pyridine rings is 1. The fourth-order valence-corrected chi connectivity index (χ4v) is 5.22. The van der Waals surface area contributed by atoms with Crippen molar-refractivity contribution in [2.24, 2.45) is 11.7 Å². The van der Waals surface area contributed by atoms with Crippen molar-refractivity contribution in [3.63, 3.8) is 0 Å². The number of fused-ring (bicyclic) bond motifs is 2. The van der Waals surface area contributed by atoms with Crippen LogP contribution in [0.2, 0.25) is 0 Å². The second-order valence-electron chi connectivity index (χ2n) is 10.5. The summed E-state index contributed by atoms with van der Waals surface area (Å²) in [7, 11) is 0. The summed E-state index contributed by atoms with van der Waals surface area (Å²) in [5, 5.41) is 5.44. The summed E-state index contributed by atoms with van der Waals surface area (Å²) in [6.07, 6.45) is 10.9. The summed E-state index contributed by atoms with van der Waals surface area (Å²) >= 11 is 0. The van der Waals surface area contributed by atoms with Crippen LogP contribution in [-0.2, 0) is 6.42 Å². The maximum Gasteiger partial charge on any atom is 0.249 e. The number of aryl methyl sites for hydroxylation is 1. The smallest absolute Gasteiger partial charge is 0.249 e. The molecule has 1 fully saturated rings. The summed E-state index contributed by atoms with van der Waals surface area (Å²) in [4.78, 5) is 25.6. The third kappa shape index (κ3) is 4.60. The number of nitrogens with zero attached hydrogens (tertiary/aromatic N) is 4. The third-order valence-corrected chi connectivity index (χ3v) is 6.79. The molecule has 1 aliphatic rings. The molecule has 1 aromatic carbocycles. The molecule has 1 aliphatic carbocycles. The van der Waals surface area contributed by atoms with E-state index in [1.165, 1.54) is 6.42 Å². The van der Waals surface area contributed by atoms with E-state index in [9.17, 15) is 4.79 Å². The van der Waals surface area contributed by atoms with Crippen molar-refractivity contribution in [3.8, 4) is 0 Å². The van der Waals surface area contributed by atoms with Gasteiger partial charge in [0.05, 0.1) is 5.52 Å². The highest BCUT2D eigenvalue weighted by Crippen LogP contribution is 2.39. The lowest BCUT2D eigenvalue weighted by atomic mass is 9.94. The van der Waals surface area contributed by atoms with E-state index >= 15 is 0 Å². The van der Waals surface area contributed by atoms with Crippen molar-refractivity contribution in [1.82, 2.24) is 19.5 Å². The Hall–Kier alpha value is -3.48. The van der Waals surface area contributed by atoms with Crippen LogP contribution < -0.4 is 11.1 Å². The minimum atomic E-state index is -0.378. The Morgan fingerprint density at radius 3 is 2.82 bits per heavy atom. The van der Waals surface area contributed by atoms with Crippen LogP contribution >= 0.6 is 0 Å². The van der Waals surface area contributed by atoms with E-state index in [-0.39, 0.29) is 11.4 Å². The van der Waals surface area contributed by atoms with Gasteiger partial charge >= 0.3 is 0 Å². The molecule has 176 valence electrons. The molecule has 0 spiro atoms. The zero-order valence-corrected chi connectivity index (χ0v) is 20.1. The maximum atomic E-state index is 12.2. The first-order valence-electron chi connectivity index (χ1n) is 12.0. The highest BCUT2D eigenvalue weighted by molar-refractivity contribution is 5.98. The van der Waals surface area contributed by atoms with Crippen LogP contribution in [0.1, 0.15) is 68.4 Å². The number of nitrogens with one attached hydrogen (secondary N) is 1. The number of carbonyl (C=O) groups is 1. The molecular weight excluding hydrogens is 424 g/mol. The van der Waals surface area contributed by atoms with Gasteiger partial charge in [-0.05, 0) is 94.7 Å². The topological polar surface area (TPSA) is 98.7 Å². The summed E-state index contributed by atoms with van der Waals surface area (Å²) in [5.74, 6) is 1.05. The number of anilines is 1. The molecular formula is C27H32N6O. The lowest BCUT2D eigenvalue weighted by molar-refractivity contribution is 0.0999. The second kappa shape index (κ2) is 8.70. The monoisotopic (exact) mass is 456 g/mol.